The number of benzene rings is 1. The van der Waals surface area contributed by atoms with E-state index >= 15 is 0 Å². The quantitative estimate of drug-likeness (QED) is 0.611. The Bertz CT molecular complexity index is 1230. The van der Waals surface area contributed by atoms with E-state index in [2.05, 4.69) is 15.4 Å². The van der Waals surface area contributed by atoms with Crippen molar-refractivity contribution in [1.82, 2.24) is 20.1 Å². The van der Waals surface area contributed by atoms with E-state index in [1.54, 1.807) is 29.4 Å². The van der Waals surface area contributed by atoms with Crippen LogP contribution in [-0.4, -0.2) is 45.5 Å². The number of aromatic nitrogens is 3. The monoisotopic (exact) mass is 440 g/mol. The molecule has 1 saturated heterocycles. The fourth-order valence-corrected chi connectivity index (χ4v) is 4.22. The Morgan fingerprint density at radius 2 is 2.03 bits per heavy atom. The third-order valence-corrected chi connectivity index (χ3v) is 5.87. The molecular weight excluding hydrogens is 421 g/mol. The average Bonchev–Trinajstić information content (AvgIpc) is 3.16. The molecule has 2 N–H and O–H groups in total. The molecule has 0 unspecified atom stereocenters. The molecule has 1 amide bonds. The van der Waals surface area contributed by atoms with Gasteiger partial charge in [-0.2, -0.15) is 5.10 Å². The van der Waals surface area contributed by atoms with Crippen LogP contribution in [0.25, 0.3) is 5.82 Å². The van der Waals surface area contributed by atoms with Crippen LogP contribution in [-0.2, 0) is 12.3 Å². The van der Waals surface area contributed by atoms with E-state index in [1.807, 2.05) is 0 Å². The van der Waals surface area contributed by atoms with Gasteiger partial charge in [-0.25, -0.2) is 22.8 Å². The Hall–Kier alpha value is -3.69. The molecule has 0 aliphatic carbocycles. The van der Waals surface area contributed by atoms with E-state index in [1.165, 1.54) is 23.0 Å². The van der Waals surface area contributed by atoms with Crippen molar-refractivity contribution in [1.29, 1.82) is 5.41 Å². The van der Waals surface area contributed by atoms with Crippen molar-refractivity contribution in [3.05, 3.63) is 70.9 Å². The highest BCUT2D eigenvalue weighted by Crippen LogP contribution is 2.37. The zero-order chi connectivity index (χ0) is 22.7. The molecule has 5 rings (SSSR count). The van der Waals surface area contributed by atoms with Crippen molar-refractivity contribution in [2.75, 3.05) is 18.0 Å². The summed E-state index contributed by atoms with van der Waals surface area (Å²) in [5, 5.41) is 14.8. The number of nitrogens with zero attached hydrogens (tertiary/aromatic N) is 4. The molecule has 1 spiro atoms. The van der Waals surface area contributed by atoms with Crippen molar-refractivity contribution >= 4 is 17.8 Å². The smallest absolute Gasteiger partial charge is 0.270 e. The summed E-state index contributed by atoms with van der Waals surface area (Å²) in [5.41, 5.74) is 0.975. The summed E-state index contributed by atoms with van der Waals surface area (Å²) in [6.07, 6.45) is 4.81. The summed E-state index contributed by atoms with van der Waals surface area (Å²) >= 11 is 0. The second-order valence-electron chi connectivity index (χ2n) is 8.35. The molecule has 0 bridgehead atoms. The van der Waals surface area contributed by atoms with Crippen LogP contribution in [0.1, 0.15) is 34.1 Å². The molecule has 4 heterocycles. The van der Waals surface area contributed by atoms with E-state index in [9.17, 15) is 18.0 Å². The maximum absolute atomic E-state index is 14.5. The highest BCUT2D eigenvalue weighted by molar-refractivity contribution is 5.97. The van der Waals surface area contributed by atoms with Gasteiger partial charge in [0.25, 0.3) is 11.8 Å². The number of rotatable bonds is 4. The third kappa shape index (κ3) is 3.31. The van der Waals surface area contributed by atoms with Gasteiger partial charge in [-0.3, -0.25) is 4.79 Å². The number of pyridine rings is 1. The lowest BCUT2D eigenvalue weighted by Crippen LogP contribution is -2.73. The van der Waals surface area contributed by atoms with Crippen LogP contribution in [0.4, 0.5) is 18.9 Å². The van der Waals surface area contributed by atoms with E-state index in [0.717, 1.165) is 13.0 Å². The minimum absolute atomic E-state index is 0.227. The van der Waals surface area contributed by atoms with Gasteiger partial charge in [0.15, 0.2) is 5.82 Å². The fraction of sp³-hybridized carbons (Fsp3) is 0.273. The van der Waals surface area contributed by atoms with Crippen LogP contribution < -0.4 is 10.2 Å². The number of nitrogens with one attached hydrogen (secondary N) is 2. The maximum Gasteiger partial charge on any atom is 0.270 e. The van der Waals surface area contributed by atoms with Gasteiger partial charge in [-0.15, -0.1) is 0 Å². The molecule has 2 aromatic heterocycles. The highest BCUT2D eigenvalue weighted by Gasteiger charge is 2.49. The standard InChI is InChI=1S/C22H19F3N6O/c1-21(24,25)14-3-4-18(16(23)6-14)30-11-22(12-30)7-17-15(20(32)28-22)10-31(29-17)19-5-2-13(8-26)9-27-19/h2-6,8-10,26H,7,11-12H2,1H3,(H,28,32). The number of halogens is 3. The normalized spacial score (nSPS) is 17.0. The molecule has 0 saturated carbocycles. The van der Waals surface area contributed by atoms with Crippen LogP contribution in [0.2, 0.25) is 0 Å². The van der Waals surface area contributed by atoms with Gasteiger partial charge in [0.1, 0.15) is 5.82 Å². The highest BCUT2D eigenvalue weighted by atomic mass is 19.3. The number of carbonyl (C=O) groups excluding carboxylic acids is 1. The number of alkyl halides is 2. The van der Waals surface area contributed by atoms with Crippen LogP contribution in [0.5, 0.6) is 0 Å². The van der Waals surface area contributed by atoms with Crippen LogP contribution in [0, 0.1) is 11.2 Å². The van der Waals surface area contributed by atoms with Gasteiger partial charge in [-0.05, 0) is 24.3 Å². The molecule has 7 nitrogen and oxygen atoms in total. The lowest BCUT2D eigenvalue weighted by Gasteiger charge is -2.52. The molecule has 1 aromatic carbocycles. The number of fused-ring (bicyclic) bond motifs is 1. The second-order valence-corrected chi connectivity index (χ2v) is 8.35. The Morgan fingerprint density at radius 1 is 1.25 bits per heavy atom. The van der Waals surface area contributed by atoms with Crippen LogP contribution >= 0.6 is 0 Å². The number of anilines is 1. The summed E-state index contributed by atoms with van der Waals surface area (Å²) in [6, 6.07) is 6.87. The van der Waals surface area contributed by atoms with E-state index < -0.39 is 17.3 Å². The number of amides is 1. The van der Waals surface area contributed by atoms with Crippen molar-refractivity contribution in [3.63, 3.8) is 0 Å². The summed E-state index contributed by atoms with van der Waals surface area (Å²) < 4.78 is 42.9. The average molecular weight is 440 g/mol. The largest absolute Gasteiger partial charge is 0.364 e. The fourth-order valence-electron chi connectivity index (χ4n) is 4.22. The van der Waals surface area contributed by atoms with Crippen molar-refractivity contribution in [2.45, 2.75) is 24.8 Å². The molecule has 2 aliphatic rings. The predicted octanol–water partition coefficient (Wildman–Crippen LogP) is 3.06. The zero-order valence-electron chi connectivity index (χ0n) is 17.1. The van der Waals surface area contributed by atoms with Gasteiger partial charge >= 0.3 is 0 Å². The third-order valence-electron chi connectivity index (χ3n) is 5.87. The summed E-state index contributed by atoms with van der Waals surface area (Å²) in [4.78, 5) is 18.7. The first-order valence-corrected chi connectivity index (χ1v) is 9.98. The lowest BCUT2D eigenvalue weighted by atomic mass is 9.81. The molecule has 1 fully saturated rings. The topological polar surface area (TPSA) is 86.9 Å². The molecule has 10 heteroatoms. The summed E-state index contributed by atoms with van der Waals surface area (Å²) in [5.74, 6) is -3.58. The minimum Gasteiger partial charge on any atom is -0.364 e. The first kappa shape index (κ1) is 20.2. The molecule has 3 aromatic rings. The minimum atomic E-state index is -3.11. The van der Waals surface area contributed by atoms with E-state index in [0.29, 0.717) is 42.1 Å². The van der Waals surface area contributed by atoms with Crippen molar-refractivity contribution in [3.8, 4) is 5.82 Å². The van der Waals surface area contributed by atoms with Crippen molar-refractivity contribution < 1.29 is 18.0 Å². The Balaban J connectivity index is 1.35. The molecule has 0 atom stereocenters. The van der Waals surface area contributed by atoms with Crippen LogP contribution in [0.3, 0.4) is 0 Å². The van der Waals surface area contributed by atoms with E-state index in [4.69, 9.17) is 5.41 Å². The lowest BCUT2D eigenvalue weighted by molar-refractivity contribution is 0.0171. The number of carbonyl (C=O) groups is 1. The SMILES string of the molecule is CC(F)(F)c1ccc(N2CC3(Cc4nn(-c5ccc(C=N)cn5)cc4C(=O)N3)C2)c(F)c1. The maximum atomic E-state index is 14.5. The first-order valence-electron chi connectivity index (χ1n) is 9.98. The molecule has 32 heavy (non-hydrogen) atoms. The van der Waals surface area contributed by atoms with Gasteiger partial charge in [-0.1, -0.05) is 6.07 Å². The summed E-state index contributed by atoms with van der Waals surface area (Å²) in [6.45, 7) is 1.41. The second kappa shape index (κ2) is 6.91. The molecule has 2 aliphatic heterocycles. The molecular formula is C22H19F3N6O. The van der Waals surface area contributed by atoms with Gasteiger partial charge in [0, 0.05) is 56.2 Å². The Morgan fingerprint density at radius 3 is 2.66 bits per heavy atom. The predicted molar refractivity (Wildman–Crippen MR) is 111 cm³/mol. The van der Waals surface area contributed by atoms with Gasteiger partial charge in [0.05, 0.1) is 22.5 Å². The first-order chi connectivity index (χ1) is 15.2. The number of hydrogen-bond acceptors (Lipinski definition) is 5. The van der Waals surface area contributed by atoms with E-state index in [-0.39, 0.29) is 17.2 Å². The number of hydrogen-bond donors (Lipinski definition) is 2. The summed E-state index contributed by atoms with van der Waals surface area (Å²) in [7, 11) is 0. The Kier molecular flexibility index (Phi) is 4.37. The van der Waals surface area contributed by atoms with Crippen molar-refractivity contribution in [2.24, 2.45) is 0 Å². The zero-order valence-corrected chi connectivity index (χ0v) is 17.1. The molecule has 164 valence electrons. The van der Waals surface area contributed by atoms with Crippen LogP contribution in [0.15, 0.2) is 42.7 Å². The van der Waals surface area contributed by atoms with Gasteiger partial charge < -0.3 is 15.6 Å². The Labute approximate surface area is 181 Å². The van der Waals surface area contributed by atoms with Gasteiger partial charge in [0.2, 0.25) is 0 Å². The molecule has 0 radical (unpaired) electrons.